The normalized spacial score (nSPS) is 26.9. The van der Waals surface area contributed by atoms with Crippen LogP contribution in [-0.4, -0.2) is 55.4 Å². The van der Waals surface area contributed by atoms with Gasteiger partial charge < -0.3 is 19.3 Å². The monoisotopic (exact) mass is 336 g/mol. The van der Waals surface area contributed by atoms with E-state index in [4.69, 9.17) is 4.74 Å². The van der Waals surface area contributed by atoms with Gasteiger partial charge in [0.25, 0.3) is 0 Å². The number of fused-ring (bicyclic) bond motifs is 1. The zero-order valence-corrected chi connectivity index (χ0v) is 14.1. The van der Waals surface area contributed by atoms with E-state index in [2.05, 4.69) is 17.1 Å². The number of hydrogen-bond acceptors (Lipinski definition) is 5. The van der Waals surface area contributed by atoms with E-state index in [0.29, 0.717) is 17.6 Å². The number of carboxylic acids is 1. The van der Waals surface area contributed by atoms with Gasteiger partial charge in [-0.1, -0.05) is 19.8 Å². The molecule has 1 aliphatic heterocycles. The molecule has 24 heavy (non-hydrogen) atoms. The SMILES string of the molecule is Cc1nnc2n1C[C@H](C(=O)O)N(C(=O)CO[C@H]1CCCC[C@@H]1C)C2. The van der Waals surface area contributed by atoms with Crippen LogP contribution in [0.15, 0.2) is 0 Å². The highest BCUT2D eigenvalue weighted by Gasteiger charge is 2.36. The maximum Gasteiger partial charge on any atom is 0.328 e. The number of aryl methyl sites for hydroxylation is 1. The number of aliphatic carboxylic acids is 1. The van der Waals surface area contributed by atoms with Gasteiger partial charge in [-0.2, -0.15) is 0 Å². The van der Waals surface area contributed by atoms with Gasteiger partial charge in [-0.15, -0.1) is 10.2 Å². The summed E-state index contributed by atoms with van der Waals surface area (Å²) in [5.74, 6) is 0.397. The maximum absolute atomic E-state index is 12.6. The van der Waals surface area contributed by atoms with Gasteiger partial charge in [-0.05, 0) is 25.7 Å². The first-order chi connectivity index (χ1) is 11.5. The van der Waals surface area contributed by atoms with Gasteiger partial charge in [0.2, 0.25) is 5.91 Å². The van der Waals surface area contributed by atoms with Gasteiger partial charge in [0.05, 0.1) is 19.2 Å². The molecule has 1 saturated carbocycles. The number of aromatic nitrogens is 3. The van der Waals surface area contributed by atoms with Crippen molar-refractivity contribution < 1.29 is 19.4 Å². The molecular weight excluding hydrogens is 312 g/mol. The predicted molar refractivity (Wildman–Crippen MR) is 84.1 cm³/mol. The van der Waals surface area contributed by atoms with E-state index in [1.54, 1.807) is 11.5 Å². The molecule has 0 unspecified atom stereocenters. The van der Waals surface area contributed by atoms with Crippen LogP contribution in [0.3, 0.4) is 0 Å². The van der Waals surface area contributed by atoms with E-state index >= 15 is 0 Å². The number of hydrogen-bond donors (Lipinski definition) is 1. The van der Waals surface area contributed by atoms with E-state index in [9.17, 15) is 14.7 Å². The summed E-state index contributed by atoms with van der Waals surface area (Å²) in [6.07, 6.45) is 4.48. The van der Waals surface area contributed by atoms with E-state index in [1.165, 1.54) is 11.3 Å². The minimum atomic E-state index is -1.02. The minimum Gasteiger partial charge on any atom is -0.480 e. The van der Waals surface area contributed by atoms with Gasteiger partial charge in [-0.25, -0.2) is 4.79 Å². The molecule has 2 aliphatic rings. The first-order valence-electron chi connectivity index (χ1n) is 8.50. The highest BCUT2D eigenvalue weighted by Crippen LogP contribution is 2.26. The molecule has 0 spiro atoms. The molecule has 0 aromatic carbocycles. The topological polar surface area (TPSA) is 97.5 Å². The van der Waals surface area contributed by atoms with Crippen LogP contribution in [0.25, 0.3) is 0 Å². The summed E-state index contributed by atoms with van der Waals surface area (Å²) in [5.41, 5.74) is 0. The smallest absolute Gasteiger partial charge is 0.328 e. The molecule has 8 nitrogen and oxygen atoms in total. The Labute approximate surface area is 140 Å². The fourth-order valence-electron chi connectivity index (χ4n) is 3.58. The summed E-state index contributed by atoms with van der Waals surface area (Å²) in [4.78, 5) is 25.5. The van der Waals surface area contributed by atoms with Crippen LogP contribution in [0.1, 0.15) is 44.3 Å². The first-order valence-corrected chi connectivity index (χ1v) is 8.50. The third-order valence-electron chi connectivity index (χ3n) is 5.11. The summed E-state index contributed by atoms with van der Waals surface area (Å²) in [7, 11) is 0. The van der Waals surface area contributed by atoms with Gasteiger partial charge in [0, 0.05) is 0 Å². The lowest BCUT2D eigenvalue weighted by atomic mass is 9.88. The molecule has 1 aromatic heterocycles. The molecule has 3 atom stereocenters. The molecule has 3 rings (SSSR count). The molecule has 8 heteroatoms. The number of carbonyl (C=O) groups excluding carboxylic acids is 1. The Hall–Kier alpha value is -1.96. The number of rotatable bonds is 4. The summed E-state index contributed by atoms with van der Waals surface area (Å²) in [6.45, 7) is 4.17. The van der Waals surface area contributed by atoms with E-state index < -0.39 is 12.0 Å². The van der Waals surface area contributed by atoms with Crippen molar-refractivity contribution in [3.8, 4) is 0 Å². The number of amides is 1. The Morgan fingerprint density at radius 3 is 2.75 bits per heavy atom. The lowest BCUT2D eigenvalue weighted by Gasteiger charge is -2.34. The van der Waals surface area contributed by atoms with Crippen molar-refractivity contribution in [3.63, 3.8) is 0 Å². The van der Waals surface area contributed by atoms with Gasteiger partial charge >= 0.3 is 5.97 Å². The van der Waals surface area contributed by atoms with Crippen LogP contribution in [0.4, 0.5) is 0 Å². The molecule has 2 heterocycles. The third-order valence-corrected chi connectivity index (χ3v) is 5.11. The molecule has 1 fully saturated rings. The number of carboxylic acid groups (broad SMARTS) is 1. The van der Waals surface area contributed by atoms with Crippen molar-refractivity contribution in [2.45, 2.75) is 64.8 Å². The van der Waals surface area contributed by atoms with Crippen molar-refractivity contribution in [1.82, 2.24) is 19.7 Å². The average Bonchev–Trinajstić information content (AvgIpc) is 2.93. The largest absolute Gasteiger partial charge is 0.480 e. The Bertz CT molecular complexity index is 630. The molecule has 132 valence electrons. The second-order valence-corrected chi connectivity index (χ2v) is 6.76. The van der Waals surface area contributed by atoms with Crippen molar-refractivity contribution in [2.75, 3.05) is 6.61 Å². The van der Waals surface area contributed by atoms with Crippen LogP contribution >= 0.6 is 0 Å². The first kappa shape index (κ1) is 16.9. The van der Waals surface area contributed by atoms with Crippen LogP contribution in [0, 0.1) is 12.8 Å². The third kappa shape index (κ3) is 3.28. The standard InChI is InChI=1S/C16H24N4O4/c1-10-5-3-4-6-13(10)24-9-15(21)20-8-14-18-17-11(2)19(14)7-12(20)16(22)23/h10,12-13H,3-9H2,1-2H3,(H,22,23)/t10-,12+,13-/m0/s1. The van der Waals surface area contributed by atoms with E-state index in [-0.39, 0.29) is 31.7 Å². The molecule has 0 bridgehead atoms. The van der Waals surface area contributed by atoms with Crippen molar-refractivity contribution in [3.05, 3.63) is 11.6 Å². The fraction of sp³-hybridized carbons (Fsp3) is 0.750. The lowest BCUT2D eigenvalue weighted by Crippen LogP contribution is -2.52. The lowest BCUT2D eigenvalue weighted by molar-refractivity contribution is -0.156. The summed E-state index contributed by atoms with van der Waals surface area (Å²) >= 11 is 0. The van der Waals surface area contributed by atoms with Crippen molar-refractivity contribution >= 4 is 11.9 Å². The van der Waals surface area contributed by atoms with Gasteiger partial charge in [0.15, 0.2) is 5.82 Å². The Morgan fingerprint density at radius 1 is 1.29 bits per heavy atom. The zero-order chi connectivity index (χ0) is 17.3. The van der Waals surface area contributed by atoms with Crippen LogP contribution in [-0.2, 0) is 27.4 Å². The molecule has 1 amide bonds. The quantitative estimate of drug-likeness (QED) is 0.880. The van der Waals surface area contributed by atoms with Crippen LogP contribution in [0.5, 0.6) is 0 Å². The molecule has 1 aromatic rings. The summed E-state index contributed by atoms with van der Waals surface area (Å²) in [5, 5.41) is 17.5. The van der Waals surface area contributed by atoms with Gasteiger partial charge in [-0.3, -0.25) is 4.79 Å². The summed E-state index contributed by atoms with van der Waals surface area (Å²) < 4.78 is 7.56. The van der Waals surface area contributed by atoms with Crippen LogP contribution < -0.4 is 0 Å². The second-order valence-electron chi connectivity index (χ2n) is 6.76. The number of carbonyl (C=O) groups is 2. The Kier molecular flexibility index (Phi) is 4.84. The highest BCUT2D eigenvalue weighted by molar-refractivity contribution is 5.84. The second kappa shape index (κ2) is 6.88. The van der Waals surface area contributed by atoms with E-state index in [0.717, 1.165) is 19.3 Å². The van der Waals surface area contributed by atoms with Gasteiger partial charge in [0.1, 0.15) is 18.5 Å². The highest BCUT2D eigenvalue weighted by atomic mass is 16.5. The molecular formula is C16H24N4O4. The maximum atomic E-state index is 12.6. The zero-order valence-electron chi connectivity index (χ0n) is 14.1. The Morgan fingerprint density at radius 2 is 2.04 bits per heavy atom. The Balaban J connectivity index is 1.67. The van der Waals surface area contributed by atoms with E-state index in [1.807, 2.05) is 0 Å². The van der Waals surface area contributed by atoms with Crippen LogP contribution in [0.2, 0.25) is 0 Å². The molecule has 0 saturated heterocycles. The molecule has 1 aliphatic carbocycles. The summed E-state index contributed by atoms with van der Waals surface area (Å²) in [6, 6.07) is -0.910. The molecule has 1 N–H and O–H groups in total. The van der Waals surface area contributed by atoms with Crippen molar-refractivity contribution in [2.24, 2.45) is 5.92 Å². The molecule has 0 radical (unpaired) electrons. The number of ether oxygens (including phenoxy) is 1. The average molecular weight is 336 g/mol. The minimum absolute atomic E-state index is 0.0775. The number of nitrogens with zero attached hydrogens (tertiary/aromatic N) is 4. The van der Waals surface area contributed by atoms with Crippen molar-refractivity contribution in [1.29, 1.82) is 0 Å². The predicted octanol–water partition coefficient (Wildman–Crippen LogP) is 0.977. The fourth-order valence-corrected chi connectivity index (χ4v) is 3.58.